The second-order valence-corrected chi connectivity index (χ2v) is 5.27. The summed E-state index contributed by atoms with van der Waals surface area (Å²) < 4.78 is 0. The normalized spacial score (nSPS) is 12.1. The summed E-state index contributed by atoms with van der Waals surface area (Å²) in [4.78, 5) is 18.3. The number of carbonyl (C=O) groups is 1. The maximum Gasteiger partial charge on any atom is 0.242 e. The van der Waals surface area contributed by atoms with Crippen molar-refractivity contribution in [1.29, 1.82) is 0 Å². The maximum absolute atomic E-state index is 12.3. The molecule has 0 spiro atoms. The van der Waals surface area contributed by atoms with Crippen LogP contribution in [0.1, 0.15) is 32.8 Å². The van der Waals surface area contributed by atoms with Gasteiger partial charge in [0.15, 0.2) is 5.96 Å². The molecule has 0 aromatic heterocycles. The van der Waals surface area contributed by atoms with E-state index in [2.05, 4.69) is 29.5 Å². The molecule has 0 aliphatic carbocycles. The fourth-order valence-corrected chi connectivity index (χ4v) is 1.98. The third-order valence-corrected chi connectivity index (χ3v) is 3.58. The summed E-state index contributed by atoms with van der Waals surface area (Å²) >= 11 is 0. The van der Waals surface area contributed by atoms with Gasteiger partial charge in [0.1, 0.15) is 0 Å². The van der Waals surface area contributed by atoms with Crippen molar-refractivity contribution < 1.29 is 4.79 Å². The smallest absolute Gasteiger partial charge is 0.242 e. The van der Waals surface area contributed by atoms with Crippen molar-refractivity contribution in [3.8, 4) is 0 Å². The molecule has 1 amide bonds. The monoisotopic (exact) mass is 432 g/mol. The summed E-state index contributed by atoms with van der Waals surface area (Å²) in [6, 6.07) is 10.4. The highest BCUT2D eigenvalue weighted by Crippen LogP contribution is 2.04. The number of hydrogen-bond donors (Lipinski definition) is 2. The van der Waals surface area contributed by atoms with E-state index in [9.17, 15) is 4.79 Å². The zero-order chi connectivity index (χ0) is 16.4. The molecular weight excluding hydrogens is 403 g/mol. The Morgan fingerprint density at radius 3 is 2.43 bits per heavy atom. The fraction of sp³-hybridized carbons (Fsp3) is 0.529. The van der Waals surface area contributed by atoms with Gasteiger partial charge >= 0.3 is 0 Å². The number of nitrogens with one attached hydrogen (secondary N) is 2. The number of rotatable bonds is 7. The van der Waals surface area contributed by atoms with E-state index in [0.717, 1.165) is 12.0 Å². The summed E-state index contributed by atoms with van der Waals surface area (Å²) in [5, 5.41) is 6.33. The number of hydrogen-bond acceptors (Lipinski definition) is 2. The van der Waals surface area contributed by atoms with Crippen molar-refractivity contribution in [1.82, 2.24) is 15.5 Å². The number of carbonyl (C=O) groups excluding carboxylic acids is 1. The number of aliphatic imine (C=N–C) groups is 1. The number of halogens is 1. The summed E-state index contributed by atoms with van der Waals surface area (Å²) in [5.41, 5.74) is 1.14. The molecule has 23 heavy (non-hydrogen) atoms. The predicted molar refractivity (Wildman–Crippen MR) is 107 cm³/mol. The molecule has 2 N–H and O–H groups in total. The highest BCUT2D eigenvalue weighted by Gasteiger charge is 2.13. The van der Waals surface area contributed by atoms with Gasteiger partial charge in [-0.1, -0.05) is 37.3 Å². The van der Waals surface area contributed by atoms with Gasteiger partial charge in [0.25, 0.3) is 0 Å². The fourth-order valence-electron chi connectivity index (χ4n) is 1.98. The van der Waals surface area contributed by atoms with Crippen LogP contribution in [0.3, 0.4) is 0 Å². The van der Waals surface area contributed by atoms with Crippen LogP contribution in [0.25, 0.3) is 0 Å². The molecule has 1 aromatic carbocycles. The highest BCUT2D eigenvalue weighted by atomic mass is 127. The summed E-state index contributed by atoms with van der Waals surface area (Å²) in [7, 11) is 1.71. The van der Waals surface area contributed by atoms with Crippen LogP contribution in [-0.4, -0.2) is 42.9 Å². The van der Waals surface area contributed by atoms with Gasteiger partial charge in [0.05, 0.1) is 6.54 Å². The molecule has 0 saturated carbocycles. The van der Waals surface area contributed by atoms with E-state index in [1.54, 1.807) is 7.05 Å². The largest absolute Gasteiger partial charge is 0.354 e. The van der Waals surface area contributed by atoms with Crippen molar-refractivity contribution in [2.75, 3.05) is 20.1 Å². The molecule has 1 atom stereocenters. The van der Waals surface area contributed by atoms with Crippen LogP contribution in [0, 0.1) is 0 Å². The molecule has 0 aliphatic rings. The van der Waals surface area contributed by atoms with E-state index in [1.165, 1.54) is 0 Å². The second kappa shape index (κ2) is 12.2. The number of benzene rings is 1. The summed E-state index contributed by atoms with van der Waals surface area (Å²) in [6.07, 6.45) is 1.00. The Balaban J connectivity index is 0.00000484. The number of guanidine groups is 1. The second-order valence-electron chi connectivity index (χ2n) is 5.27. The van der Waals surface area contributed by atoms with Crippen molar-refractivity contribution in [3.05, 3.63) is 35.9 Å². The van der Waals surface area contributed by atoms with Crippen LogP contribution in [-0.2, 0) is 11.3 Å². The molecule has 130 valence electrons. The average Bonchev–Trinajstić information content (AvgIpc) is 2.56. The minimum Gasteiger partial charge on any atom is -0.354 e. The molecular formula is C17H29IN4O. The highest BCUT2D eigenvalue weighted by molar-refractivity contribution is 14.0. The molecule has 1 rings (SSSR count). The zero-order valence-corrected chi connectivity index (χ0v) is 16.8. The van der Waals surface area contributed by atoms with Crippen LogP contribution in [0.2, 0.25) is 0 Å². The lowest BCUT2D eigenvalue weighted by atomic mass is 10.2. The molecule has 0 aliphatic heterocycles. The molecule has 0 fully saturated rings. The van der Waals surface area contributed by atoms with E-state index < -0.39 is 0 Å². The first-order chi connectivity index (χ1) is 10.6. The van der Waals surface area contributed by atoms with E-state index >= 15 is 0 Å². The van der Waals surface area contributed by atoms with Gasteiger partial charge in [-0.2, -0.15) is 0 Å². The Morgan fingerprint density at radius 2 is 1.91 bits per heavy atom. The SMILES string of the molecule is CCC(C)NC(=NC)NCC(=O)N(CC)Cc1ccccc1.I. The van der Waals surface area contributed by atoms with Crippen LogP contribution in [0.15, 0.2) is 35.3 Å². The van der Waals surface area contributed by atoms with Crippen LogP contribution in [0.5, 0.6) is 0 Å². The molecule has 1 unspecified atom stereocenters. The van der Waals surface area contributed by atoms with E-state index in [-0.39, 0.29) is 36.4 Å². The minimum atomic E-state index is 0. The Morgan fingerprint density at radius 1 is 1.26 bits per heavy atom. The first-order valence-electron chi connectivity index (χ1n) is 7.89. The topological polar surface area (TPSA) is 56.7 Å². The number of likely N-dealkylation sites (N-methyl/N-ethyl adjacent to an activating group) is 1. The van der Waals surface area contributed by atoms with Crippen LogP contribution >= 0.6 is 24.0 Å². The van der Waals surface area contributed by atoms with Crippen molar-refractivity contribution >= 4 is 35.8 Å². The Kier molecular flexibility index (Phi) is 11.5. The molecule has 0 radical (unpaired) electrons. The van der Waals surface area contributed by atoms with E-state index in [4.69, 9.17) is 0 Å². The van der Waals surface area contributed by atoms with Gasteiger partial charge in [0, 0.05) is 26.2 Å². The first kappa shape index (κ1) is 21.7. The molecule has 0 bridgehead atoms. The number of nitrogens with zero attached hydrogens (tertiary/aromatic N) is 2. The standard InChI is InChI=1S/C17H28N4O.HI/c1-5-14(3)20-17(18-4)19-12-16(22)21(6-2)13-15-10-8-7-9-11-15;/h7-11,14H,5-6,12-13H2,1-4H3,(H2,18,19,20);1H. The maximum atomic E-state index is 12.3. The third-order valence-electron chi connectivity index (χ3n) is 3.58. The van der Waals surface area contributed by atoms with Crippen LogP contribution < -0.4 is 10.6 Å². The van der Waals surface area contributed by atoms with E-state index in [0.29, 0.717) is 25.1 Å². The van der Waals surface area contributed by atoms with Gasteiger partial charge in [-0.3, -0.25) is 9.79 Å². The van der Waals surface area contributed by atoms with Gasteiger partial charge < -0.3 is 15.5 Å². The lowest BCUT2D eigenvalue weighted by Crippen LogP contribution is -2.46. The molecule has 6 heteroatoms. The molecule has 5 nitrogen and oxygen atoms in total. The van der Waals surface area contributed by atoms with Gasteiger partial charge in [-0.15, -0.1) is 24.0 Å². The predicted octanol–water partition coefficient (Wildman–Crippen LogP) is 2.62. The lowest BCUT2D eigenvalue weighted by molar-refractivity contribution is -0.130. The van der Waals surface area contributed by atoms with Gasteiger partial charge in [-0.05, 0) is 25.8 Å². The van der Waals surface area contributed by atoms with Crippen molar-refractivity contribution in [2.45, 2.75) is 39.8 Å². The lowest BCUT2D eigenvalue weighted by Gasteiger charge is -2.22. The molecule has 1 aromatic rings. The Bertz CT molecular complexity index is 479. The average molecular weight is 432 g/mol. The Labute approximate surface area is 157 Å². The summed E-state index contributed by atoms with van der Waals surface area (Å²) in [5.74, 6) is 0.733. The Hall–Kier alpha value is -1.31. The summed E-state index contributed by atoms with van der Waals surface area (Å²) in [6.45, 7) is 7.75. The molecule has 0 heterocycles. The van der Waals surface area contributed by atoms with Gasteiger partial charge in [0.2, 0.25) is 5.91 Å². The minimum absolute atomic E-state index is 0. The van der Waals surface area contributed by atoms with Gasteiger partial charge in [-0.25, -0.2) is 0 Å². The van der Waals surface area contributed by atoms with E-state index in [1.807, 2.05) is 42.2 Å². The quantitative estimate of drug-likeness (QED) is 0.396. The van der Waals surface area contributed by atoms with Crippen LogP contribution in [0.4, 0.5) is 0 Å². The first-order valence-corrected chi connectivity index (χ1v) is 7.89. The van der Waals surface area contributed by atoms with Crippen molar-refractivity contribution in [3.63, 3.8) is 0 Å². The number of amides is 1. The third kappa shape index (κ3) is 8.20. The zero-order valence-electron chi connectivity index (χ0n) is 14.5. The van der Waals surface area contributed by atoms with Crippen molar-refractivity contribution in [2.24, 2.45) is 4.99 Å². The molecule has 0 saturated heterocycles.